The summed E-state index contributed by atoms with van der Waals surface area (Å²) >= 11 is 0. The van der Waals surface area contributed by atoms with Crippen molar-refractivity contribution in [2.75, 3.05) is 6.54 Å². The fraction of sp³-hybridized carbons (Fsp3) is 0.600. The highest BCUT2D eigenvalue weighted by atomic mass is 14.5. The maximum absolute atomic E-state index is 3.73. The Bertz CT molecular complexity index is 60.3. The fourth-order valence-corrected chi connectivity index (χ4v) is 0.507. The van der Waals surface area contributed by atoms with Crippen molar-refractivity contribution in [2.45, 2.75) is 6.42 Å². The van der Waals surface area contributed by atoms with Crippen molar-refractivity contribution in [3.8, 4) is 0 Å². The Morgan fingerprint density at radius 3 is 2.33 bits per heavy atom. The van der Waals surface area contributed by atoms with Gasteiger partial charge in [-0.3, -0.25) is 0 Å². The summed E-state index contributed by atoms with van der Waals surface area (Å²) in [6.45, 7) is 1.08. The van der Waals surface area contributed by atoms with E-state index in [4.69, 9.17) is 0 Å². The Morgan fingerprint density at radius 2 is 2.17 bits per heavy atom. The number of quaternary nitrogens is 1. The minimum Gasteiger partial charge on any atom is -0.358 e. The van der Waals surface area contributed by atoms with Crippen LogP contribution < -0.4 is 5.73 Å². The first-order valence-electron chi connectivity index (χ1n) is 2.41. The molecule has 1 aliphatic rings. The molecule has 0 spiro atoms. The van der Waals surface area contributed by atoms with Crippen LogP contribution in [0.2, 0.25) is 0 Å². The number of hydrogen-bond donors (Lipinski definition) is 1. The third kappa shape index (κ3) is 0.830. The van der Waals surface area contributed by atoms with Gasteiger partial charge in [0, 0.05) is 12.3 Å². The zero-order chi connectivity index (χ0) is 4.41. The van der Waals surface area contributed by atoms with Gasteiger partial charge in [0.2, 0.25) is 0 Å². The summed E-state index contributed by atoms with van der Waals surface area (Å²) < 4.78 is 0. The molecule has 3 N–H and O–H groups in total. The van der Waals surface area contributed by atoms with Crippen molar-refractivity contribution < 1.29 is 5.73 Å². The number of hydrogen-bond acceptors (Lipinski definition) is 0. The van der Waals surface area contributed by atoms with Crippen LogP contribution in [-0.4, -0.2) is 6.54 Å². The maximum Gasteiger partial charge on any atom is 0.0748 e. The van der Waals surface area contributed by atoms with E-state index in [-0.39, 0.29) is 0 Å². The molecule has 0 radical (unpaired) electrons. The summed E-state index contributed by atoms with van der Waals surface area (Å²) in [4.78, 5) is 0. The van der Waals surface area contributed by atoms with Crippen LogP contribution in [0.25, 0.3) is 0 Å². The second kappa shape index (κ2) is 1.43. The van der Waals surface area contributed by atoms with Gasteiger partial charge in [0.25, 0.3) is 0 Å². The predicted octanol–water partition coefficient (Wildman–Crippen LogP) is -0.196. The lowest BCUT2D eigenvalue weighted by molar-refractivity contribution is -0.368. The second-order valence-electron chi connectivity index (χ2n) is 1.69. The van der Waals surface area contributed by atoms with Crippen molar-refractivity contribution in [3.63, 3.8) is 0 Å². The fourth-order valence-electron chi connectivity index (χ4n) is 0.507. The van der Waals surface area contributed by atoms with Crippen LogP contribution in [0, 0.1) is 5.92 Å². The molecule has 0 saturated carbocycles. The van der Waals surface area contributed by atoms with Crippen molar-refractivity contribution >= 4 is 0 Å². The molecule has 34 valence electrons. The van der Waals surface area contributed by atoms with E-state index < -0.39 is 0 Å². The monoisotopic (exact) mass is 84.1 g/mol. The van der Waals surface area contributed by atoms with Crippen molar-refractivity contribution in [1.29, 1.82) is 0 Å². The smallest absolute Gasteiger partial charge is 0.0748 e. The van der Waals surface area contributed by atoms with E-state index in [1.165, 1.54) is 6.42 Å². The van der Waals surface area contributed by atoms with Gasteiger partial charge in [-0.2, -0.15) is 0 Å². The molecule has 0 amide bonds. The van der Waals surface area contributed by atoms with E-state index in [0.717, 1.165) is 12.5 Å². The highest BCUT2D eigenvalue weighted by Gasteiger charge is 2.08. The molecule has 0 heterocycles. The average molecular weight is 84.1 g/mol. The molecule has 0 aromatic heterocycles. The van der Waals surface area contributed by atoms with Gasteiger partial charge in [0.15, 0.2) is 0 Å². The van der Waals surface area contributed by atoms with Crippen molar-refractivity contribution in [2.24, 2.45) is 5.92 Å². The average Bonchev–Trinajstić information content (AvgIpc) is 2.21. The molecule has 1 aliphatic carbocycles. The third-order valence-corrected chi connectivity index (χ3v) is 1.00. The Balaban J connectivity index is 1.90. The third-order valence-electron chi connectivity index (χ3n) is 1.00. The molecule has 0 unspecified atom stereocenters. The summed E-state index contributed by atoms with van der Waals surface area (Å²) in [5.41, 5.74) is 3.73. The lowest BCUT2D eigenvalue weighted by Gasteiger charge is -1.82. The van der Waals surface area contributed by atoms with Crippen molar-refractivity contribution in [3.05, 3.63) is 12.2 Å². The van der Waals surface area contributed by atoms with Crippen LogP contribution in [0.1, 0.15) is 6.42 Å². The lowest BCUT2D eigenvalue weighted by atomic mass is 10.3. The molecular weight excluding hydrogens is 74.1 g/mol. The molecule has 6 heavy (non-hydrogen) atoms. The van der Waals surface area contributed by atoms with Crippen LogP contribution in [0.5, 0.6) is 0 Å². The largest absolute Gasteiger partial charge is 0.358 e. The van der Waals surface area contributed by atoms with Crippen LogP contribution in [0.3, 0.4) is 0 Å². The first-order chi connectivity index (χ1) is 2.93. The SMILES string of the molecule is [NH3+]CCC1C=C1. The Morgan fingerprint density at radius 1 is 1.50 bits per heavy atom. The van der Waals surface area contributed by atoms with Gasteiger partial charge in [-0.05, 0) is 0 Å². The van der Waals surface area contributed by atoms with Crippen LogP contribution in [0.4, 0.5) is 0 Å². The highest BCUT2D eigenvalue weighted by Crippen LogP contribution is 2.17. The van der Waals surface area contributed by atoms with Gasteiger partial charge in [0.1, 0.15) is 0 Å². The van der Waals surface area contributed by atoms with Gasteiger partial charge in [-0.25, -0.2) is 0 Å². The summed E-state index contributed by atoms with van der Waals surface area (Å²) in [6, 6.07) is 0. The summed E-state index contributed by atoms with van der Waals surface area (Å²) in [5, 5.41) is 0. The van der Waals surface area contributed by atoms with Gasteiger partial charge in [-0.1, -0.05) is 12.2 Å². The maximum atomic E-state index is 3.73. The van der Waals surface area contributed by atoms with Gasteiger partial charge >= 0.3 is 0 Å². The predicted molar refractivity (Wildman–Crippen MR) is 25.0 cm³/mol. The molecule has 1 rings (SSSR count). The second-order valence-corrected chi connectivity index (χ2v) is 1.69. The first-order valence-corrected chi connectivity index (χ1v) is 2.41. The first kappa shape index (κ1) is 3.88. The molecule has 1 heteroatoms. The quantitative estimate of drug-likeness (QED) is 0.449. The van der Waals surface area contributed by atoms with Crippen LogP contribution >= 0.6 is 0 Å². The zero-order valence-corrected chi connectivity index (χ0v) is 3.85. The molecule has 0 fully saturated rings. The van der Waals surface area contributed by atoms with Crippen molar-refractivity contribution in [1.82, 2.24) is 0 Å². The Labute approximate surface area is 37.8 Å². The molecule has 0 aromatic carbocycles. The minimum absolute atomic E-state index is 0.836. The Hall–Kier alpha value is -0.300. The van der Waals surface area contributed by atoms with E-state index in [9.17, 15) is 0 Å². The molecule has 0 bridgehead atoms. The summed E-state index contributed by atoms with van der Waals surface area (Å²) in [7, 11) is 0. The van der Waals surface area contributed by atoms with Gasteiger partial charge in [-0.15, -0.1) is 0 Å². The van der Waals surface area contributed by atoms with E-state index in [0.29, 0.717) is 0 Å². The zero-order valence-electron chi connectivity index (χ0n) is 3.85. The normalized spacial score (nSPS) is 18.8. The van der Waals surface area contributed by atoms with E-state index in [1.807, 2.05) is 0 Å². The molecule has 0 saturated heterocycles. The summed E-state index contributed by atoms with van der Waals surface area (Å²) in [6.07, 6.45) is 5.69. The molecule has 1 nitrogen and oxygen atoms in total. The number of rotatable bonds is 2. The number of allylic oxidation sites excluding steroid dienone is 2. The molecule has 0 atom stereocenters. The van der Waals surface area contributed by atoms with Crippen LogP contribution in [0.15, 0.2) is 12.2 Å². The highest BCUT2D eigenvalue weighted by molar-refractivity contribution is 5.12. The standard InChI is InChI=1S/C5H9N/c6-4-3-5-1-2-5/h1-2,5H,3-4,6H2/p+1. The van der Waals surface area contributed by atoms with Gasteiger partial charge in [0.05, 0.1) is 6.54 Å². The molecule has 0 aliphatic heterocycles. The van der Waals surface area contributed by atoms with E-state index >= 15 is 0 Å². The topological polar surface area (TPSA) is 27.6 Å². The van der Waals surface area contributed by atoms with Gasteiger partial charge < -0.3 is 5.73 Å². The lowest BCUT2D eigenvalue weighted by Crippen LogP contribution is -2.50. The van der Waals surface area contributed by atoms with E-state index in [1.54, 1.807) is 0 Å². The van der Waals surface area contributed by atoms with Crippen LogP contribution in [-0.2, 0) is 0 Å². The molecular formula is C5H10N+. The van der Waals surface area contributed by atoms with E-state index in [2.05, 4.69) is 17.9 Å². The Kier molecular flexibility index (Phi) is 0.926. The molecule has 0 aromatic rings. The minimum atomic E-state index is 0.836. The summed E-state index contributed by atoms with van der Waals surface area (Å²) in [5.74, 6) is 0.836.